The van der Waals surface area contributed by atoms with Gasteiger partial charge in [-0.25, -0.2) is 4.98 Å². The number of carbonyl (C=O) groups excluding carboxylic acids is 1. The first-order chi connectivity index (χ1) is 12.6. The van der Waals surface area contributed by atoms with E-state index in [0.717, 1.165) is 11.4 Å². The maximum atomic E-state index is 12.3. The first-order valence-corrected chi connectivity index (χ1v) is 8.17. The van der Waals surface area contributed by atoms with E-state index in [1.165, 1.54) is 11.1 Å². The van der Waals surface area contributed by atoms with Crippen LogP contribution in [-0.2, 0) is 0 Å². The number of hydrogen-bond donors (Lipinski definition) is 2. The lowest BCUT2D eigenvalue weighted by Gasteiger charge is -2.10. The third-order valence-electron chi connectivity index (χ3n) is 4.09. The van der Waals surface area contributed by atoms with Gasteiger partial charge in [0, 0.05) is 5.69 Å². The van der Waals surface area contributed by atoms with Crippen molar-refractivity contribution in [3.63, 3.8) is 0 Å². The molecule has 1 amide bonds. The minimum absolute atomic E-state index is 0.281. The van der Waals surface area contributed by atoms with Gasteiger partial charge in [-0.1, -0.05) is 18.2 Å². The van der Waals surface area contributed by atoms with Gasteiger partial charge < -0.3 is 10.6 Å². The second-order valence-electron chi connectivity index (χ2n) is 5.97. The summed E-state index contributed by atoms with van der Waals surface area (Å²) in [6.45, 7) is 4.13. The zero-order valence-corrected chi connectivity index (χ0v) is 14.6. The first kappa shape index (κ1) is 17.2. The molecule has 1 aromatic heterocycles. The van der Waals surface area contributed by atoms with Gasteiger partial charge in [-0.2, -0.15) is 5.26 Å². The van der Waals surface area contributed by atoms with Crippen LogP contribution in [0.25, 0.3) is 0 Å². The molecule has 26 heavy (non-hydrogen) atoms. The van der Waals surface area contributed by atoms with Crippen LogP contribution in [0.15, 0.2) is 60.8 Å². The Hall–Kier alpha value is -3.65. The molecular weight excluding hydrogens is 324 g/mol. The molecule has 0 atom stereocenters. The van der Waals surface area contributed by atoms with Crippen molar-refractivity contribution in [1.82, 2.24) is 4.98 Å². The maximum absolute atomic E-state index is 12.3. The Kier molecular flexibility index (Phi) is 4.95. The molecule has 3 aromatic rings. The third kappa shape index (κ3) is 3.87. The summed E-state index contributed by atoms with van der Waals surface area (Å²) in [5.41, 5.74) is 5.36. The van der Waals surface area contributed by atoms with Crippen molar-refractivity contribution in [2.45, 2.75) is 13.8 Å². The largest absolute Gasteiger partial charge is 0.354 e. The van der Waals surface area contributed by atoms with E-state index in [1.54, 1.807) is 42.6 Å². The minimum atomic E-state index is -0.356. The molecule has 0 aliphatic carbocycles. The molecule has 1 heterocycles. The van der Waals surface area contributed by atoms with E-state index in [9.17, 15) is 4.79 Å². The van der Waals surface area contributed by atoms with Crippen LogP contribution in [0.2, 0.25) is 0 Å². The van der Waals surface area contributed by atoms with E-state index in [4.69, 9.17) is 5.26 Å². The number of carbonyl (C=O) groups is 1. The van der Waals surface area contributed by atoms with Crippen LogP contribution >= 0.6 is 0 Å². The smallest absolute Gasteiger partial charge is 0.274 e. The Morgan fingerprint density at radius 2 is 1.77 bits per heavy atom. The van der Waals surface area contributed by atoms with Crippen molar-refractivity contribution in [2.24, 2.45) is 0 Å². The number of anilines is 3. The van der Waals surface area contributed by atoms with E-state index >= 15 is 0 Å². The molecular formula is C21H18N4O. The lowest BCUT2D eigenvalue weighted by molar-refractivity contribution is 0.102. The number of pyridine rings is 1. The molecule has 0 aliphatic heterocycles. The second kappa shape index (κ2) is 7.49. The standard InChI is InChI=1S/C21H18N4O/c1-14-7-8-17(11-15(14)2)24-18-9-10-20(23-13-18)21(26)25-19-6-4-3-5-16(19)12-22/h3-11,13,24H,1-2H3,(H,25,26). The average Bonchev–Trinajstić information content (AvgIpc) is 2.66. The van der Waals surface area contributed by atoms with Gasteiger partial charge in [-0.15, -0.1) is 0 Å². The van der Waals surface area contributed by atoms with Crippen LogP contribution < -0.4 is 10.6 Å². The Morgan fingerprint density at radius 3 is 2.46 bits per heavy atom. The molecule has 0 radical (unpaired) electrons. The van der Waals surface area contributed by atoms with Crippen LogP contribution in [0.4, 0.5) is 17.1 Å². The van der Waals surface area contributed by atoms with Crippen LogP contribution in [0.3, 0.4) is 0 Å². The summed E-state index contributed by atoms with van der Waals surface area (Å²) in [6.07, 6.45) is 1.61. The van der Waals surface area contributed by atoms with Crippen molar-refractivity contribution in [1.29, 1.82) is 5.26 Å². The van der Waals surface area contributed by atoms with Gasteiger partial charge in [0.05, 0.1) is 23.1 Å². The van der Waals surface area contributed by atoms with Crippen LogP contribution in [0.5, 0.6) is 0 Å². The molecule has 0 fully saturated rings. The minimum Gasteiger partial charge on any atom is -0.354 e. The van der Waals surface area contributed by atoms with Gasteiger partial charge in [0.25, 0.3) is 5.91 Å². The monoisotopic (exact) mass is 342 g/mol. The molecule has 0 aliphatic rings. The highest BCUT2D eigenvalue weighted by molar-refractivity contribution is 6.03. The lowest BCUT2D eigenvalue weighted by Crippen LogP contribution is -2.14. The van der Waals surface area contributed by atoms with Gasteiger partial charge in [-0.3, -0.25) is 4.79 Å². The zero-order chi connectivity index (χ0) is 18.5. The van der Waals surface area contributed by atoms with Gasteiger partial charge in [-0.05, 0) is 61.4 Å². The van der Waals surface area contributed by atoms with Crippen molar-refractivity contribution >= 4 is 23.0 Å². The van der Waals surface area contributed by atoms with Gasteiger partial charge in [0.2, 0.25) is 0 Å². The number of aryl methyl sites for hydroxylation is 2. The predicted molar refractivity (Wildman–Crippen MR) is 103 cm³/mol. The average molecular weight is 342 g/mol. The van der Waals surface area contributed by atoms with Crippen LogP contribution in [0.1, 0.15) is 27.2 Å². The first-order valence-electron chi connectivity index (χ1n) is 8.17. The number of nitrogens with zero attached hydrogens (tertiary/aromatic N) is 2. The topological polar surface area (TPSA) is 77.8 Å². The number of amides is 1. The highest BCUT2D eigenvalue weighted by Gasteiger charge is 2.10. The molecule has 0 saturated carbocycles. The quantitative estimate of drug-likeness (QED) is 0.728. The molecule has 2 N–H and O–H groups in total. The molecule has 0 unspecified atom stereocenters. The fraction of sp³-hybridized carbons (Fsp3) is 0.0952. The van der Waals surface area contributed by atoms with Crippen molar-refractivity contribution in [2.75, 3.05) is 10.6 Å². The Morgan fingerprint density at radius 1 is 1.00 bits per heavy atom. The number of hydrogen-bond acceptors (Lipinski definition) is 4. The van der Waals surface area contributed by atoms with Gasteiger partial charge in [0.1, 0.15) is 11.8 Å². The van der Waals surface area contributed by atoms with Gasteiger partial charge >= 0.3 is 0 Å². The summed E-state index contributed by atoms with van der Waals surface area (Å²) >= 11 is 0. The van der Waals surface area contributed by atoms with Crippen molar-refractivity contribution < 1.29 is 4.79 Å². The SMILES string of the molecule is Cc1ccc(Nc2ccc(C(=O)Nc3ccccc3C#N)nc2)cc1C. The molecule has 5 nitrogen and oxygen atoms in total. The Labute approximate surface area is 152 Å². The fourth-order valence-electron chi connectivity index (χ4n) is 2.46. The van der Waals surface area contributed by atoms with Crippen molar-refractivity contribution in [3.8, 4) is 6.07 Å². The Balaban J connectivity index is 1.71. The Bertz CT molecular complexity index is 988. The third-order valence-corrected chi connectivity index (χ3v) is 4.09. The summed E-state index contributed by atoms with van der Waals surface area (Å²) < 4.78 is 0. The molecule has 0 saturated heterocycles. The van der Waals surface area contributed by atoms with E-state index < -0.39 is 0 Å². The van der Waals surface area contributed by atoms with E-state index in [2.05, 4.69) is 47.7 Å². The molecule has 128 valence electrons. The summed E-state index contributed by atoms with van der Waals surface area (Å²) in [7, 11) is 0. The highest BCUT2D eigenvalue weighted by atomic mass is 16.1. The van der Waals surface area contributed by atoms with Crippen LogP contribution in [-0.4, -0.2) is 10.9 Å². The molecule has 0 bridgehead atoms. The number of para-hydroxylation sites is 1. The molecule has 3 rings (SSSR count). The predicted octanol–water partition coefficient (Wildman–Crippen LogP) is 4.57. The number of benzene rings is 2. The molecule has 0 spiro atoms. The molecule has 5 heteroatoms. The summed E-state index contributed by atoms with van der Waals surface area (Å²) in [5, 5.41) is 15.1. The summed E-state index contributed by atoms with van der Waals surface area (Å²) in [6, 6.07) is 18.5. The molecule has 2 aromatic carbocycles. The van der Waals surface area contributed by atoms with E-state index in [1.807, 2.05) is 6.07 Å². The number of rotatable bonds is 4. The van der Waals surface area contributed by atoms with Crippen molar-refractivity contribution in [3.05, 3.63) is 83.2 Å². The number of nitriles is 1. The summed E-state index contributed by atoms with van der Waals surface area (Å²) in [4.78, 5) is 16.5. The maximum Gasteiger partial charge on any atom is 0.274 e. The van der Waals surface area contributed by atoms with E-state index in [0.29, 0.717) is 11.3 Å². The number of nitrogens with one attached hydrogen (secondary N) is 2. The lowest BCUT2D eigenvalue weighted by atomic mass is 10.1. The normalized spacial score (nSPS) is 10.0. The highest BCUT2D eigenvalue weighted by Crippen LogP contribution is 2.20. The van der Waals surface area contributed by atoms with E-state index in [-0.39, 0.29) is 11.6 Å². The number of aromatic nitrogens is 1. The summed E-state index contributed by atoms with van der Waals surface area (Å²) in [5.74, 6) is -0.356. The fourth-order valence-corrected chi connectivity index (χ4v) is 2.46. The van der Waals surface area contributed by atoms with Gasteiger partial charge in [0.15, 0.2) is 0 Å². The second-order valence-corrected chi connectivity index (χ2v) is 5.97. The van der Waals surface area contributed by atoms with Crippen LogP contribution in [0, 0.1) is 25.2 Å². The zero-order valence-electron chi connectivity index (χ0n) is 14.6.